The zero-order valence-corrected chi connectivity index (χ0v) is 13.4. The fourth-order valence-electron chi connectivity index (χ4n) is 2.14. The van der Waals surface area contributed by atoms with Crippen molar-refractivity contribution in [1.82, 2.24) is 4.98 Å². The fraction of sp³-hybridized carbons (Fsp3) is 0.188. The zero-order chi connectivity index (χ0) is 14.1. The highest BCUT2D eigenvalue weighted by molar-refractivity contribution is 7.98. The second-order valence-corrected chi connectivity index (χ2v) is 6.58. The van der Waals surface area contributed by atoms with E-state index in [-0.39, 0.29) is 0 Å². The van der Waals surface area contributed by atoms with Crippen LogP contribution in [-0.2, 0) is 0 Å². The summed E-state index contributed by atoms with van der Waals surface area (Å²) in [5, 5.41) is 4.41. The largest absolute Gasteiger partial charge is 0.331 e. The Balaban J connectivity index is 2.01. The van der Waals surface area contributed by atoms with Gasteiger partial charge in [0.2, 0.25) is 0 Å². The number of thiazole rings is 1. The Labute approximate surface area is 127 Å². The van der Waals surface area contributed by atoms with Gasteiger partial charge in [0.15, 0.2) is 5.13 Å². The molecule has 0 saturated carbocycles. The van der Waals surface area contributed by atoms with Crippen molar-refractivity contribution >= 4 is 44.1 Å². The molecule has 0 aliphatic rings. The Morgan fingerprint density at radius 3 is 2.70 bits per heavy atom. The molecule has 102 valence electrons. The second-order valence-electron chi connectivity index (χ2n) is 4.70. The van der Waals surface area contributed by atoms with Crippen LogP contribution in [0.4, 0.5) is 10.8 Å². The first-order valence-electron chi connectivity index (χ1n) is 6.46. The summed E-state index contributed by atoms with van der Waals surface area (Å²) >= 11 is 3.44. The number of aromatic nitrogens is 1. The lowest BCUT2D eigenvalue weighted by Gasteiger charge is -2.08. The van der Waals surface area contributed by atoms with E-state index in [0.29, 0.717) is 0 Å². The first-order chi connectivity index (χ1) is 9.69. The fourth-order valence-corrected chi connectivity index (χ4v) is 3.68. The summed E-state index contributed by atoms with van der Waals surface area (Å²) in [5.41, 5.74) is 4.80. The SMILES string of the molecule is CSc1cccc2sc(Nc3cccc(C)c3C)nc12. The lowest BCUT2D eigenvalue weighted by atomic mass is 10.1. The van der Waals surface area contributed by atoms with Gasteiger partial charge in [-0.15, -0.1) is 11.8 Å². The van der Waals surface area contributed by atoms with Crippen LogP contribution in [0, 0.1) is 13.8 Å². The molecule has 0 amide bonds. The third kappa shape index (κ3) is 2.41. The van der Waals surface area contributed by atoms with E-state index >= 15 is 0 Å². The second kappa shape index (κ2) is 5.46. The van der Waals surface area contributed by atoms with Crippen LogP contribution in [0.15, 0.2) is 41.3 Å². The minimum atomic E-state index is 0.954. The van der Waals surface area contributed by atoms with E-state index in [0.717, 1.165) is 16.3 Å². The van der Waals surface area contributed by atoms with E-state index < -0.39 is 0 Å². The molecule has 0 saturated heterocycles. The predicted octanol–water partition coefficient (Wildman–Crippen LogP) is 5.38. The van der Waals surface area contributed by atoms with Crippen LogP contribution >= 0.6 is 23.1 Å². The van der Waals surface area contributed by atoms with Gasteiger partial charge in [-0.3, -0.25) is 0 Å². The number of aryl methyl sites for hydroxylation is 1. The quantitative estimate of drug-likeness (QED) is 0.657. The van der Waals surface area contributed by atoms with Crippen molar-refractivity contribution < 1.29 is 0 Å². The predicted molar refractivity (Wildman–Crippen MR) is 90.6 cm³/mol. The van der Waals surface area contributed by atoms with Gasteiger partial charge in [-0.1, -0.05) is 29.5 Å². The molecule has 0 unspecified atom stereocenters. The number of fused-ring (bicyclic) bond motifs is 1. The Kier molecular flexibility index (Phi) is 3.68. The highest BCUT2D eigenvalue weighted by Gasteiger charge is 2.09. The van der Waals surface area contributed by atoms with Crippen LogP contribution in [0.1, 0.15) is 11.1 Å². The van der Waals surface area contributed by atoms with Crippen molar-refractivity contribution in [2.24, 2.45) is 0 Å². The van der Waals surface area contributed by atoms with Crippen molar-refractivity contribution in [3.05, 3.63) is 47.5 Å². The number of hydrogen-bond acceptors (Lipinski definition) is 4. The smallest absolute Gasteiger partial charge is 0.188 e. The monoisotopic (exact) mass is 300 g/mol. The van der Waals surface area contributed by atoms with Gasteiger partial charge in [-0.25, -0.2) is 4.98 Å². The number of anilines is 2. The Bertz CT molecular complexity index is 762. The molecule has 0 aliphatic carbocycles. The maximum absolute atomic E-state index is 4.74. The lowest BCUT2D eigenvalue weighted by Crippen LogP contribution is -1.93. The van der Waals surface area contributed by atoms with Crippen molar-refractivity contribution in [3.63, 3.8) is 0 Å². The first-order valence-corrected chi connectivity index (χ1v) is 8.50. The highest BCUT2D eigenvalue weighted by Crippen LogP contribution is 2.34. The van der Waals surface area contributed by atoms with Crippen LogP contribution in [0.5, 0.6) is 0 Å². The van der Waals surface area contributed by atoms with Gasteiger partial charge in [0, 0.05) is 10.6 Å². The molecule has 3 rings (SSSR count). The molecular weight excluding hydrogens is 284 g/mol. The van der Waals surface area contributed by atoms with Gasteiger partial charge in [-0.05, 0) is 49.4 Å². The summed E-state index contributed by atoms with van der Waals surface area (Å²) < 4.78 is 1.23. The number of nitrogens with one attached hydrogen (secondary N) is 1. The summed E-state index contributed by atoms with van der Waals surface area (Å²) in [5.74, 6) is 0. The molecule has 0 radical (unpaired) electrons. The summed E-state index contributed by atoms with van der Waals surface area (Å²) in [6.07, 6.45) is 2.09. The summed E-state index contributed by atoms with van der Waals surface area (Å²) in [6.45, 7) is 4.27. The number of benzene rings is 2. The standard InChI is InChI=1S/C16H16N2S2/c1-10-6-4-7-12(11(10)2)17-16-18-15-13(19-3)8-5-9-14(15)20-16/h4-9H,1-3H3,(H,17,18). The van der Waals surface area contributed by atoms with E-state index in [4.69, 9.17) is 4.98 Å². The molecule has 1 heterocycles. The minimum Gasteiger partial charge on any atom is -0.331 e. The molecule has 0 bridgehead atoms. The number of para-hydroxylation sites is 1. The molecule has 0 atom stereocenters. The molecule has 0 fully saturated rings. The molecule has 0 spiro atoms. The molecule has 20 heavy (non-hydrogen) atoms. The lowest BCUT2D eigenvalue weighted by molar-refractivity contribution is 1.32. The van der Waals surface area contributed by atoms with E-state index in [1.807, 2.05) is 0 Å². The summed E-state index contributed by atoms with van der Waals surface area (Å²) in [6, 6.07) is 12.6. The number of hydrogen-bond donors (Lipinski definition) is 1. The van der Waals surface area contributed by atoms with Crippen molar-refractivity contribution in [2.45, 2.75) is 18.7 Å². The summed E-state index contributed by atoms with van der Waals surface area (Å²) in [4.78, 5) is 5.97. The van der Waals surface area contributed by atoms with E-state index in [1.165, 1.54) is 20.7 Å². The van der Waals surface area contributed by atoms with Gasteiger partial charge in [0.25, 0.3) is 0 Å². The Hall–Kier alpha value is -1.52. The van der Waals surface area contributed by atoms with Crippen molar-refractivity contribution in [1.29, 1.82) is 0 Å². The van der Waals surface area contributed by atoms with Gasteiger partial charge in [0.1, 0.15) is 0 Å². The summed E-state index contributed by atoms with van der Waals surface area (Å²) in [7, 11) is 0. The van der Waals surface area contributed by atoms with Crippen LogP contribution in [-0.4, -0.2) is 11.2 Å². The molecule has 1 N–H and O–H groups in total. The third-order valence-corrected chi connectivity index (χ3v) is 5.15. The normalized spacial score (nSPS) is 10.9. The van der Waals surface area contributed by atoms with Crippen LogP contribution < -0.4 is 5.32 Å². The van der Waals surface area contributed by atoms with Gasteiger partial charge in [-0.2, -0.15) is 0 Å². The first kappa shape index (κ1) is 13.5. The average Bonchev–Trinajstić information content (AvgIpc) is 2.86. The molecule has 3 aromatic rings. The molecule has 2 aromatic carbocycles. The Morgan fingerprint density at radius 1 is 1.10 bits per heavy atom. The molecule has 4 heteroatoms. The topological polar surface area (TPSA) is 24.9 Å². The van der Waals surface area contributed by atoms with E-state index in [1.54, 1.807) is 23.1 Å². The zero-order valence-electron chi connectivity index (χ0n) is 11.7. The van der Waals surface area contributed by atoms with Crippen molar-refractivity contribution in [3.8, 4) is 0 Å². The highest BCUT2D eigenvalue weighted by atomic mass is 32.2. The maximum Gasteiger partial charge on any atom is 0.188 e. The number of nitrogens with zero attached hydrogens (tertiary/aromatic N) is 1. The maximum atomic E-state index is 4.74. The van der Waals surface area contributed by atoms with Gasteiger partial charge >= 0.3 is 0 Å². The number of rotatable bonds is 3. The average molecular weight is 300 g/mol. The van der Waals surface area contributed by atoms with E-state index in [2.05, 4.69) is 61.8 Å². The number of thioether (sulfide) groups is 1. The minimum absolute atomic E-state index is 0.954. The third-order valence-electron chi connectivity index (χ3n) is 3.45. The molecule has 0 aliphatic heterocycles. The van der Waals surface area contributed by atoms with Crippen molar-refractivity contribution in [2.75, 3.05) is 11.6 Å². The Morgan fingerprint density at radius 2 is 1.90 bits per heavy atom. The van der Waals surface area contributed by atoms with Crippen LogP contribution in [0.25, 0.3) is 10.2 Å². The van der Waals surface area contributed by atoms with E-state index in [9.17, 15) is 0 Å². The van der Waals surface area contributed by atoms with Gasteiger partial charge in [0.05, 0.1) is 10.2 Å². The van der Waals surface area contributed by atoms with Gasteiger partial charge < -0.3 is 5.32 Å². The van der Waals surface area contributed by atoms with Crippen LogP contribution in [0.3, 0.4) is 0 Å². The van der Waals surface area contributed by atoms with Crippen LogP contribution in [0.2, 0.25) is 0 Å². The molecule has 2 nitrogen and oxygen atoms in total. The molecular formula is C16H16N2S2. The molecule has 1 aromatic heterocycles.